The van der Waals surface area contributed by atoms with Crippen LogP contribution in [0.3, 0.4) is 0 Å². The zero-order chi connectivity index (χ0) is 27.5. The Morgan fingerprint density at radius 3 is 1.92 bits per heavy atom. The van der Waals surface area contributed by atoms with Crippen LogP contribution >= 0.6 is 46.4 Å². The molecule has 0 bridgehead atoms. The number of nitrogens with zero attached hydrogens (tertiary/aromatic N) is 2. The molecule has 2 N–H and O–H groups in total. The van der Waals surface area contributed by atoms with Gasteiger partial charge in [-0.25, -0.2) is 0 Å². The van der Waals surface area contributed by atoms with Crippen molar-refractivity contribution in [1.82, 2.24) is 9.88 Å². The van der Waals surface area contributed by atoms with Gasteiger partial charge in [0.05, 0.1) is 5.41 Å². The van der Waals surface area contributed by atoms with Crippen molar-refractivity contribution in [3.05, 3.63) is 134 Å². The van der Waals surface area contributed by atoms with E-state index in [9.17, 15) is 0 Å². The highest BCUT2D eigenvalue weighted by atomic mass is 35.5. The number of halogens is 4. The molecule has 202 valence electrons. The van der Waals surface area contributed by atoms with E-state index in [0.717, 1.165) is 55.6 Å². The topological polar surface area (TPSA) is 42.1 Å². The molecule has 1 aliphatic heterocycles. The van der Waals surface area contributed by atoms with Gasteiger partial charge in [0.15, 0.2) is 0 Å². The van der Waals surface area contributed by atoms with Gasteiger partial charge in [0.1, 0.15) is 0 Å². The highest BCUT2D eigenvalue weighted by Gasteiger charge is 2.41. The van der Waals surface area contributed by atoms with Crippen LogP contribution in [0.5, 0.6) is 0 Å². The van der Waals surface area contributed by atoms with Gasteiger partial charge in [-0.3, -0.25) is 4.98 Å². The van der Waals surface area contributed by atoms with Crippen LogP contribution in [0.25, 0.3) is 0 Å². The van der Waals surface area contributed by atoms with Gasteiger partial charge in [-0.05, 0) is 91.5 Å². The van der Waals surface area contributed by atoms with Crippen LogP contribution in [0.4, 0.5) is 0 Å². The van der Waals surface area contributed by atoms with Crippen molar-refractivity contribution in [2.75, 3.05) is 26.2 Å². The van der Waals surface area contributed by atoms with E-state index in [-0.39, 0.29) is 5.41 Å². The maximum atomic E-state index is 6.94. The van der Waals surface area contributed by atoms with Crippen LogP contribution in [0.15, 0.2) is 91.3 Å². The van der Waals surface area contributed by atoms with Gasteiger partial charge in [-0.2, -0.15) is 0 Å². The second-order valence-electron chi connectivity index (χ2n) is 10.3. The maximum absolute atomic E-state index is 6.94. The van der Waals surface area contributed by atoms with Crippen LogP contribution in [0.1, 0.15) is 41.5 Å². The summed E-state index contributed by atoms with van der Waals surface area (Å²) >= 11 is 26.6. The zero-order valence-corrected chi connectivity index (χ0v) is 24.6. The van der Waals surface area contributed by atoms with Gasteiger partial charge in [-0.1, -0.05) is 94.9 Å². The van der Waals surface area contributed by atoms with Gasteiger partial charge >= 0.3 is 0 Å². The zero-order valence-electron chi connectivity index (χ0n) is 21.6. The molecular formula is C32H31Cl4N3. The number of nitrogens with two attached hydrogens (primary N) is 1. The number of benzene rings is 3. The van der Waals surface area contributed by atoms with E-state index in [1.165, 1.54) is 5.56 Å². The van der Waals surface area contributed by atoms with Gasteiger partial charge in [0.25, 0.3) is 0 Å². The number of aromatic nitrogens is 1. The van der Waals surface area contributed by atoms with Crippen molar-refractivity contribution >= 4 is 46.4 Å². The molecule has 5 rings (SSSR count). The van der Waals surface area contributed by atoms with Gasteiger partial charge in [0, 0.05) is 44.4 Å². The Morgan fingerprint density at radius 1 is 0.795 bits per heavy atom. The van der Waals surface area contributed by atoms with Gasteiger partial charge in [-0.15, -0.1) is 0 Å². The molecule has 0 atom stereocenters. The fourth-order valence-electron chi connectivity index (χ4n) is 6.09. The molecule has 1 aromatic heterocycles. The molecule has 1 fully saturated rings. The minimum absolute atomic E-state index is 0.0111. The summed E-state index contributed by atoms with van der Waals surface area (Å²) < 4.78 is 0. The standard InChI is InChI=1S/C32H31Cl4N3/c33-25-8-10-27(29(35)19-25)32(24-7-4-15-38-21-24,28-11-9-26(34)20-30(28)36)14-18-39-16-12-31(22-37,13-17-39)23-5-2-1-3-6-23/h1-11,15,19-21H,12-14,16-18,22,37H2. The molecule has 0 saturated carbocycles. The Kier molecular flexibility index (Phi) is 8.88. The van der Waals surface area contributed by atoms with Crippen LogP contribution in [0.2, 0.25) is 20.1 Å². The molecule has 1 saturated heterocycles. The van der Waals surface area contributed by atoms with E-state index in [2.05, 4.69) is 46.3 Å². The summed E-state index contributed by atoms with van der Waals surface area (Å²) in [5, 5.41) is 2.34. The third kappa shape index (κ3) is 5.72. The Balaban J connectivity index is 1.53. The first-order valence-electron chi connectivity index (χ1n) is 13.2. The van der Waals surface area contributed by atoms with E-state index < -0.39 is 5.41 Å². The predicted molar refractivity (Wildman–Crippen MR) is 165 cm³/mol. The Bertz CT molecular complexity index is 1350. The normalized spacial score (nSPS) is 15.8. The number of likely N-dealkylation sites (tertiary alicyclic amines) is 1. The Hall–Kier alpha value is -2.11. The molecule has 0 radical (unpaired) electrons. The van der Waals surface area contributed by atoms with Crippen molar-refractivity contribution in [2.24, 2.45) is 5.73 Å². The molecular weight excluding hydrogens is 568 g/mol. The lowest BCUT2D eigenvalue weighted by molar-refractivity contribution is 0.155. The summed E-state index contributed by atoms with van der Waals surface area (Å²) in [5.41, 5.74) is 9.92. The summed E-state index contributed by atoms with van der Waals surface area (Å²) in [7, 11) is 0. The highest BCUT2D eigenvalue weighted by molar-refractivity contribution is 6.36. The lowest BCUT2D eigenvalue weighted by atomic mass is 9.67. The minimum Gasteiger partial charge on any atom is -0.330 e. The fourth-order valence-corrected chi connectivity index (χ4v) is 7.23. The van der Waals surface area contributed by atoms with E-state index in [4.69, 9.17) is 52.1 Å². The molecule has 39 heavy (non-hydrogen) atoms. The third-order valence-electron chi connectivity index (χ3n) is 8.33. The number of piperidine rings is 1. The van der Waals surface area contributed by atoms with Crippen molar-refractivity contribution in [3.8, 4) is 0 Å². The van der Waals surface area contributed by atoms with E-state index in [1.807, 2.05) is 36.5 Å². The molecule has 0 amide bonds. The minimum atomic E-state index is -0.667. The highest BCUT2D eigenvalue weighted by Crippen LogP contribution is 2.48. The van der Waals surface area contributed by atoms with E-state index >= 15 is 0 Å². The second-order valence-corrected chi connectivity index (χ2v) is 12.0. The fraction of sp³-hybridized carbons (Fsp3) is 0.281. The largest absolute Gasteiger partial charge is 0.330 e. The van der Waals surface area contributed by atoms with Crippen molar-refractivity contribution < 1.29 is 0 Å². The first kappa shape index (κ1) is 28.4. The first-order chi connectivity index (χ1) is 18.9. The number of rotatable bonds is 8. The molecule has 0 aliphatic carbocycles. The molecule has 1 aliphatic rings. The first-order valence-corrected chi connectivity index (χ1v) is 14.7. The number of pyridine rings is 1. The Labute approximate surface area is 250 Å². The molecule has 4 aromatic rings. The average Bonchev–Trinajstić information content (AvgIpc) is 2.96. The summed E-state index contributed by atoms with van der Waals surface area (Å²) in [6, 6.07) is 26.1. The lowest BCUT2D eigenvalue weighted by Gasteiger charge is -2.43. The number of hydrogen-bond acceptors (Lipinski definition) is 3. The molecule has 0 unspecified atom stereocenters. The Morgan fingerprint density at radius 2 is 1.41 bits per heavy atom. The summed E-state index contributed by atoms with van der Waals surface area (Å²) in [4.78, 5) is 7.01. The van der Waals surface area contributed by atoms with E-state index in [0.29, 0.717) is 26.6 Å². The van der Waals surface area contributed by atoms with Crippen molar-refractivity contribution in [3.63, 3.8) is 0 Å². The quantitative estimate of drug-likeness (QED) is 0.221. The molecule has 3 aromatic carbocycles. The monoisotopic (exact) mass is 597 g/mol. The van der Waals surface area contributed by atoms with Crippen LogP contribution in [0, 0.1) is 0 Å². The summed E-state index contributed by atoms with van der Waals surface area (Å²) in [6.45, 7) is 3.39. The lowest BCUT2D eigenvalue weighted by Crippen LogP contribution is -2.48. The van der Waals surface area contributed by atoms with Gasteiger partial charge in [0.2, 0.25) is 0 Å². The third-order valence-corrected chi connectivity index (χ3v) is 9.42. The summed E-state index contributed by atoms with van der Waals surface area (Å²) in [6.07, 6.45) is 6.44. The SMILES string of the molecule is NCC1(c2ccccc2)CCN(CCC(c2cccnc2)(c2ccc(Cl)cc2Cl)c2ccc(Cl)cc2Cl)CC1. The number of hydrogen-bond donors (Lipinski definition) is 1. The molecule has 3 nitrogen and oxygen atoms in total. The predicted octanol–water partition coefficient (Wildman–Crippen LogP) is 8.41. The summed E-state index contributed by atoms with van der Waals surface area (Å²) in [5.74, 6) is 0. The van der Waals surface area contributed by atoms with E-state index in [1.54, 1.807) is 18.3 Å². The average molecular weight is 599 g/mol. The van der Waals surface area contributed by atoms with Crippen LogP contribution in [-0.2, 0) is 10.8 Å². The molecule has 0 spiro atoms. The van der Waals surface area contributed by atoms with Gasteiger partial charge < -0.3 is 10.6 Å². The second kappa shape index (κ2) is 12.2. The smallest absolute Gasteiger partial charge is 0.0508 e. The van der Waals surface area contributed by atoms with Crippen molar-refractivity contribution in [1.29, 1.82) is 0 Å². The molecule has 7 heteroatoms. The van der Waals surface area contributed by atoms with Crippen LogP contribution in [-0.4, -0.2) is 36.1 Å². The van der Waals surface area contributed by atoms with Crippen LogP contribution < -0.4 is 5.73 Å². The van der Waals surface area contributed by atoms with Crippen molar-refractivity contribution in [2.45, 2.75) is 30.1 Å². The molecule has 2 heterocycles. The maximum Gasteiger partial charge on any atom is 0.0508 e.